The summed E-state index contributed by atoms with van der Waals surface area (Å²) in [6, 6.07) is 9.77. The largest absolute Gasteiger partial charge is 0.493 e. The molecule has 2 aromatic rings. The van der Waals surface area contributed by atoms with Crippen LogP contribution in [-0.4, -0.2) is 25.5 Å². The summed E-state index contributed by atoms with van der Waals surface area (Å²) in [5.41, 5.74) is 5.59. The number of hydrogen-bond acceptors (Lipinski definition) is 4. The van der Waals surface area contributed by atoms with Crippen LogP contribution in [0.2, 0.25) is 10.0 Å². The summed E-state index contributed by atoms with van der Waals surface area (Å²) in [4.78, 5) is 24.0. The zero-order valence-electron chi connectivity index (χ0n) is 14.7. The minimum absolute atomic E-state index is 0.145. The number of hydrogen-bond donors (Lipinski definition) is 2. The average molecular weight is 409 g/mol. The molecule has 0 saturated carbocycles. The van der Waals surface area contributed by atoms with E-state index in [9.17, 15) is 9.59 Å². The molecule has 0 aromatic heterocycles. The molecule has 0 heterocycles. The maximum Gasteiger partial charge on any atom is 0.276 e. The summed E-state index contributed by atoms with van der Waals surface area (Å²) in [7, 11) is 1.51. The van der Waals surface area contributed by atoms with Crippen molar-refractivity contribution >= 4 is 41.1 Å². The first-order valence-electron chi connectivity index (χ1n) is 7.92. The fraction of sp³-hybridized carbons (Fsp3) is 0.158. The van der Waals surface area contributed by atoms with Gasteiger partial charge >= 0.3 is 0 Å². The molecular weight excluding hydrogens is 391 g/mol. The Morgan fingerprint density at radius 1 is 1.07 bits per heavy atom. The van der Waals surface area contributed by atoms with E-state index >= 15 is 0 Å². The molecule has 0 aliphatic heterocycles. The molecule has 0 aliphatic carbocycles. The lowest BCUT2D eigenvalue weighted by Crippen LogP contribution is -2.43. The van der Waals surface area contributed by atoms with Crippen LogP contribution in [0.5, 0.6) is 11.5 Å². The second kappa shape index (κ2) is 9.85. The van der Waals surface area contributed by atoms with Gasteiger partial charge in [-0.1, -0.05) is 41.4 Å². The molecule has 2 rings (SSSR count). The van der Waals surface area contributed by atoms with Crippen molar-refractivity contribution < 1.29 is 19.1 Å². The molecule has 2 N–H and O–H groups in total. The zero-order valence-corrected chi connectivity index (χ0v) is 16.2. The molecule has 0 fully saturated rings. The van der Waals surface area contributed by atoms with Gasteiger partial charge in [0.05, 0.1) is 17.7 Å². The summed E-state index contributed by atoms with van der Waals surface area (Å²) in [6.07, 6.45) is 3.81. The first kappa shape index (κ1) is 20.6. The number of carbonyl (C=O) groups excluding carboxylic acids is 2. The Kier molecular flexibility index (Phi) is 7.52. The Morgan fingerprint density at radius 3 is 2.56 bits per heavy atom. The summed E-state index contributed by atoms with van der Waals surface area (Å²) in [6.45, 7) is 1.59. The van der Waals surface area contributed by atoms with E-state index in [0.717, 1.165) is 5.56 Å². The van der Waals surface area contributed by atoms with Gasteiger partial charge in [-0.3, -0.25) is 20.4 Å². The normalized spacial score (nSPS) is 10.5. The Bertz CT molecular complexity index is 869. The van der Waals surface area contributed by atoms with Crippen LogP contribution in [0.3, 0.4) is 0 Å². The minimum Gasteiger partial charge on any atom is -0.493 e. The number of halogens is 2. The molecule has 6 nitrogen and oxygen atoms in total. The predicted octanol–water partition coefficient (Wildman–Crippen LogP) is 3.88. The van der Waals surface area contributed by atoms with Gasteiger partial charge in [-0.05, 0) is 42.8 Å². The molecular formula is C19H18Cl2N2O4. The van der Waals surface area contributed by atoms with Gasteiger partial charge in [0.1, 0.15) is 0 Å². The molecule has 142 valence electrons. The van der Waals surface area contributed by atoms with E-state index in [1.54, 1.807) is 18.2 Å². The summed E-state index contributed by atoms with van der Waals surface area (Å²) >= 11 is 11.8. The summed E-state index contributed by atoms with van der Waals surface area (Å²) in [5, 5.41) is 0.570. The summed E-state index contributed by atoms with van der Waals surface area (Å²) < 4.78 is 10.7. The van der Waals surface area contributed by atoms with Crippen molar-refractivity contribution in [3.8, 4) is 11.5 Å². The number of hydrazine groups is 1. The Hall–Kier alpha value is -2.70. The highest BCUT2D eigenvalue weighted by molar-refractivity contribution is 6.35. The van der Waals surface area contributed by atoms with Crippen LogP contribution in [0.1, 0.15) is 22.8 Å². The smallest absolute Gasteiger partial charge is 0.276 e. The molecule has 8 heteroatoms. The Balaban J connectivity index is 1.91. The van der Waals surface area contributed by atoms with Crippen molar-refractivity contribution in [2.75, 3.05) is 13.7 Å². The predicted molar refractivity (Wildman–Crippen MR) is 105 cm³/mol. The Labute approximate surface area is 167 Å². The van der Waals surface area contributed by atoms with Crippen LogP contribution < -0.4 is 20.3 Å². The quantitative estimate of drug-likeness (QED) is 0.711. The molecule has 0 atom stereocenters. The molecule has 0 radical (unpaired) electrons. The van der Waals surface area contributed by atoms with E-state index in [1.807, 2.05) is 25.1 Å². The highest BCUT2D eigenvalue weighted by Gasteiger charge is 2.13. The number of benzene rings is 2. The van der Waals surface area contributed by atoms with Crippen molar-refractivity contribution in [2.45, 2.75) is 6.92 Å². The van der Waals surface area contributed by atoms with Crippen molar-refractivity contribution in [2.24, 2.45) is 0 Å². The number of carbonyl (C=O) groups is 2. The van der Waals surface area contributed by atoms with Crippen LogP contribution >= 0.6 is 23.2 Å². The number of amides is 2. The lowest BCUT2D eigenvalue weighted by atomic mass is 10.2. The van der Waals surface area contributed by atoms with Gasteiger partial charge in [0.25, 0.3) is 11.8 Å². The van der Waals surface area contributed by atoms with Crippen molar-refractivity contribution in [1.29, 1.82) is 0 Å². The Morgan fingerprint density at radius 2 is 1.85 bits per heavy atom. The fourth-order valence-electron chi connectivity index (χ4n) is 2.14. The van der Waals surface area contributed by atoms with Gasteiger partial charge in [0, 0.05) is 5.02 Å². The third-order valence-electron chi connectivity index (χ3n) is 3.39. The van der Waals surface area contributed by atoms with Crippen LogP contribution in [0.4, 0.5) is 0 Å². The fourth-order valence-corrected chi connectivity index (χ4v) is 2.52. The SMILES string of the molecule is C/C=C/c1ccc(OCC(=O)NNC(=O)c2cc(Cl)ccc2Cl)c(OC)c1. The molecule has 0 unspecified atom stereocenters. The maximum atomic E-state index is 12.1. The highest BCUT2D eigenvalue weighted by Crippen LogP contribution is 2.28. The highest BCUT2D eigenvalue weighted by atomic mass is 35.5. The topological polar surface area (TPSA) is 76.7 Å². The van der Waals surface area contributed by atoms with E-state index in [4.69, 9.17) is 32.7 Å². The van der Waals surface area contributed by atoms with Gasteiger partial charge in [-0.2, -0.15) is 0 Å². The van der Waals surface area contributed by atoms with E-state index in [0.29, 0.717) is 16.5 Å². The first-order valence-corrected chi connectivity index (χ1v) is 8.68. The second-order valence-electron chi connectivity index (χ2n) is 5.33. The van der Waals surface area contributed by atoms with Gasteiger partial charge in [-0.25, -0.2) is 0 Å². The van der Waals surface area contributed by atoms with Crippen molar-refractivity contribution in [1.82, 2.24) is 10.9 Å². The second-order valence-corrected chi connectivity index (χ2v) is 6.17. The summed E-state index contributed by atoms with van der Waals surface area (Å²) in [5.74, 6) is -0.247. The van der Waals surface area contributed by atoms with E-state index < -0.39 is 11.8 Å². The third kappa shape index (κ3) is 5.91. The number of rotatable bonds is 6. The van der Waals surface area contributed by atoms with Crippen LogP contribution in [0, 0.1) is 0 Å². The standard InChI is InChI=1S/C19H18Cl2N2O4/c1-3-4-12-5-8-16(17(9-12)26-2)27-11-18(24)22-23-19(25)14-10-13(20)6-7-15(14)21/h3-10H,11H2,1-2H3,(H,22,24)(H,23,25)/b4-3+. The molecule has 2 aromatic carbocycles. The third-order valence-corrected chi connectivity index (χ3v) is 3.96. The molecule has 0 spiro atoms. The number of allylic oxidation sites excluding steroid dienone is 1. The maximum absolute atomic E-state index is 12.1. The van der Waals surface area contributed by atoms with E-state index in [1.165, 1.54) is 19.2 Å². The van der Waals surface area contributed by atoms with Gasteiger partial charge in [0.2, 0.25) is 0 Å². The van der Waals surface area contributed by atoms with Gasteiger partial charge in [0.15, 0.2) is 18.1 Å². The molecule has 0 saturated heterocycles. The van der Waals surface area contributed by atoms with Crippen molar-refractivity contribution in [3.63, 3.8) is 0 Å². The number of nitrogens with one attached hydrogen (secondary N) is 2. The molecule has 27 heavy (non-hydrogen) atoms. The van der Waals surface area contributed by atoms with Crippen LogP contribution in [0.15, 0.2) is 42.5 Å². The molecule has 0 aliphatic rings. The number of ether oxygens (including phenoxy) is 2. The van der Waals surface area contributed by atoms with Crippen LogP contribution in [0.25, 0.3) is 6.08 Å². The van der Waals surface area contributed by atoms with Gasteiger partial charge < -0.3 is 9.47 Å². The lowest BCUT2D eigenvalue weighted by molar-refractivity contribution is -0.123. The molecule has 0 bridgehead atoms. The zero-order chi connectivity index (χ0) is 19.8. The van der Waals surface area contributed by atoms with E-state index in [-0.39, 0.29) is 17.2 Å². The molecule has 2 amide bonds. The average Bonchev–Trinajstić information content (AvgIpc) is 2.67. The monoisotopic (exact) mass is 408 g/mol. The first-order chi connectivity index (χ1) is 12.9. The van der Waals surface area contributed by atoms with Gasteiger partial charge in [-0.15, -0.1) is 0 Å². The van der Waals surface area contributed by atoms with E-state index in [2.05, 4.69) is 10.9 Å². The minimum atomic E-state index is -0.593. The number of methoxy groups -OCH3 is 1. The van der Waals surface area contributed by atoms with Crippen molar-refractivity contribution in [3.05, 3.63) is 63.6 Å². The lowest BCUT2D eigenvalue weighted by Gasteiger charge is -2.12. The van der Waals surface area contributed by atoms with Crippen LogP contribution in [-0.2, 0) is 4.79 Å².